The summed E-state index contributed by atoms with van der Waals surface area (Å²) < 4.78 is 2.13. The molecular formula is C14H18ClN3O. The average molecular weight is 280 g/mol. The van der Waals surface area contributed by atoms with Crippen LogP contribution in [0.2, 0.25) is 5.02 Å². The topological polar surface area (TPSA) is 50.1 Å². The highest BCUT2D eigenvalue weighted by molar-refractivity contribution is 6.31. The lowest BCUT2D eigenvalue weighted by Crippen LogP contribution is -2.30. The zero-order valence-corrected chi connectivity index (χ0v) is 11.5. The Hall–Kier alpha value is -1.10. The number of fused-ring (bicyclic) bond motifs is 1. The molecule has 2 aromatic rings. The highest BCUT2D eigenvalue weighted by Gasteiger charge is 2.22. The van der Waals surface area contributed by atoms with Gasteiger partial charge >= 0.3 is 0 Å². The molecule has 19 heavy (non-hydrogen) atoms. The molecule has 2 heterocycles. The molecule has 1 fully saturated rings. The van der Waals surface area contributed by atoms with Gasteiger partial charge in [0, 0.05) is 24.0 Å². The van der Waals surface area contributed by atoms with Crippen LogP contribution in [-0.4, -0.2) is 34.4 Å². The minimum absolute atomic E-state index is 0.126. The molecule has 0 aliphatic carbocycles. The Balaban J connectivity index is 2.08. The van der Waals surface area contributed by atoms with Crippen molar-refractivity contribution >= 4 is 22.6 Å². The van der Waals surface area contributed by atoms with Gasteiger partial charge in [-0.25, -0.2) is 4.98 Å². The third-order valence-electron chi connectivity index (χ3n) is 3.73. The normalized spacial score (nSPS) is 20.0. The van der Waals surface area contributed by atoms with Crippen LogP contribution in [0.4, 0.5) is 0 Å². The number of aliphatic hydroxyl groups excluding tert-OH is 1. The van der Waals surface area contributed by atoms with E-state index in [9.17, 15) is 5.11 Å². The standard InChI is InChI=1S/C14H18ClN3O/c15-11-3-4-13-12(8-11)17-14(18(13)6-7-19)10-2-1-5-16-9-10/h3-4,8,10,16,19H,1-2,5-7,9H2. The fourth-order valence-electron chi connectivity index (χ4n) is 2.84. The number of rotatable bonds is 3. The van der Waals surface area contributed by atoms with Crippen molar-refractivity contribution in [2.45, 2.75) is 25.3 Å². The second-order valence-electron chi connectivity index (χ2n) is 5.02. The van der Waals surface area contributed by atoms with Gasteiger partial charge in [0.1, 0.15) is 5.82 Å². The molecule has 1 saturated heterocycles. The Kier molecular flexibility index (Phi) is 3.73. The minimum atomic E-state index is 0.126. The molecule has 1 aliphatic heterocycles. The van der Waals surface area contributed by atoms with Crippen molar-refractivity contribution in [2.75, 3.05) is 19.7 Å². The lowest BCUT2D eigenvalue weighted by Gasteiger charge is -2.23. The van der Waals surface area contributed by atoms with Crippen LogP contribution in [0.5, 0.6) is 0 Å². The van der Waals surface area contributed by atoms with Crippen LogP contribution in [-0.2, 0) is 6.54 Å². The van der Waals surface area contributed by atoms with Crippen molar-refractivity contribution in [3.8, 4) is 0 Å². The number of hydrogen-bond donors (Lipinski definition) is 2. The second kappa shape index (κ2) is 5.49. The summed E-state index contributed by atoms with van der Waals surface area (Å²) in [5.74, 6) is 1.49. The molecular weight excluding hydrogens is 262 g/mol. The Morgan fingerprint density at radius 1 is 1.47 bits per heavy atom. The van der Waals surface area contributed by atoms with Crippen LogP contribution in [0.15, 0.2) is 18.2 Å². The Labute approximate surface area is 117 Å². The maximum Gasteiger partial charge on any atom is 0.114 e. The highest BCUT2D eigenvalue weighted by atomic mass is 35.5. The van der Waals surface area contributed by atoms with E-state index in [-0.39, 0.29) is 6.61 Å². The van der Waals surface area contributed by atoms with Gasteiger partial charge in [-0.1, -0.05) is 11.6 Å². The van der Waals surface area contributed by atoms with Crippen LogP contribution >= 0.6 is 11.6 Å². The third-order valence-corrected chi connectivity index (χ3v) is 3.96. The van der Waals surface area contributed by atoms with Crippen molar-refractivity contribution < 1.29 is 5.11 Å². The molecule has 3 rings (SSSR count). The number of benzene rings is 1. The van der Waals surface area contributed by atoms with Crippen molar-refractivity contribution in [3.63, 3.8) is 0 Å². The van der Waals surface area contributed by atoms with Gasteiger partial charge in [0.25, 0.3) is 0 Å². The predicted molar refractivity (Wildman–Crippen MR) is 76.7 cm³/mol. The molecule has 1 atom stereocenters. The maximum absolute atomic E-state index is 9.28. The first-order valence-corrected chi connectivity index (χ1v) is 7.14. The van der Waals surface area contributed by atoms with Gasteiger partial charge in [0.05, 0.1) is 17.6 Å². The molecule has 1 aromatic heterocycles. The van der Waals surface area contributed by atoms with Crippen molar-refractivity contribution in [1.82, 2.24) is 14.9 Å². The van der Waals surface area contributed by atoms with Gasteiger partial charge in [-0.2, -0.15) is 0 Å². The molecule has 0 amide bonds. The molecule has 0 bridgehead atoms. The highest BCUT2D eigenvalue weighted by Crippen LogP contribution is 2.28. The molecule has 0 saturated carbocycles. The number of imidazole rings is 1. The van der Waals surface area contributed by atoms with Crippen LogP contribution in [0.1, 0.15) is 24.6 Å². The van der Waals surface area contributed by atoms with E-state index in [1.807, 2.05) is 18.2 Å². The molecule has 102 valence electrons. The minimum Gasteiger partial charge on any atom is -0.395 e. The molecule has 1 aliphatic rings. The number of piperidine rings is 1. The first-order valence-electron chi connectivity index (χ1n) is 6.77. The fourth-order valence-corrected chi connectivity index (χ4v) is 3.01. The first-order chi connectivity index (χ1) is 9.29. The Morgan fingerprint density at radius 2 is 2.37 bits per heavy atom. The smallest absolute Gasteiger partial charge is 0.114 e. The van der Waals surface area contributed by atoms with E-state index in [0.717, 1.165) is 36.4 Å². The molecule has 4 nitrogen and oxygen atoms in total. The van der Waals surface area contributed by atoms with Gasteiger partial charge < -0.3 is 15.0 Å². The summed E-state index contributed by atoms with van der Waals surface area (Å²) in [5.41, 5.74) is 1.97. The molecule has 5 heteroatoms. The van der Waals surface area contributed by atoms with E-state index in [1.54, 1.807) is 0 Å². The zero-order valence-electron chi connectivity index (χ0n) is 10.8. The zero-order chi connectivity index (χ0) is 13.2. The van der Waals surface area contributed by atoms with Gasteiger partial charge in [-0.15, -0.1) is 0 Å². The Morgan fingerprint density at radius 3 is 3.11 bits per heavy atom. The quantitative estimate of drug-likeness (QED) is 0.905. The monoisotopic (exact) mass is 279 g/mol. The number of nitrogens with one attached hydrogen (secondary N) is 1. The summed E-state index contributed by atoms with van der Waals surface area (Å²) in [5, 5.41) is 13.4. The molecule has 0 radical (unpaired) electrons. The van der Waals surface area contributed by atoms with Crippen LogP contribution in [0.25, 0.3) is 11.0 Å². The van der Waals surface area contributed by atoms with Gasteiger partial charge in [-0.05, 0) is 37.6 Å². The second-order valence-corrected chi connectivity index (χ2v) is 5.46. The molecule has 1 unspecified atom stereocenters. The van der Waals surface area contributed by atoms with E-state index in [2.05, 4.69) is 9.88 Å². The predicted octanol–water partition coefficient (Wildman–Crippen LogP) is 2.15. The summed E-state index contributed by atoms with van der Waals surface area (Å²) in [6.07, 6.45) is 2.32. The third kappa shape index (κ3) is 2.48. The molecule has 1 aromatic carbocycles. The number of halogens is 1. The van der Waals surface area contributed by atoms with Crippen molar-refractivity contribution in [2.24, 2.45) is 0 Å². The SMILES string of the molecule is OCCn1c(C2CCCNC2)nc2cc(Cl)ccc21. The van der Waals surface area contributed by atoms with E-state index >= 15 is 0 Å². The number of aliphatic hydroxyl groups is 1. The largest absolute Gasteiger partial charge is 0.395 e. The molecule has 0 spiro atoms. The fraction of sp³-hybridized carbons (Fsp3) is 0.500. The summed E-state index contributed by atoms with van der Waals surface area (Å²) in [6.45, 7) is 2.76. The van der Waals surface area contributed by atoms with Crippen LogP contribution in [0.3, 0.4) is 0 Å². The van der Waals surface area contributed by atoms with Crippen LogP contribution in [0, 0.1) is 0 Å². The van der Waals surface area contributed by atoms with Gasteiger partial charge in [-0.3, -0.25) is 0 Å². The summed E-state index contributed by atoms with van der Waals surface area (Å²) in [7, 11) is 0. The van der Waals surface area contributed by atoms with Gasteiger partial charge in [0.15, 0.2) is 0 Å². The number of hydrogen-bond acceptors (Lipinski definition) is 3. The summed E-state index contributed by atoms with van der Waals surface area (Å²) in [4.78, 5) is 4.74. The van der Waals surface area contributed by atoms with E-state index in [0.29, 0.717) is 17.5 Å². The van der Waals surface area contributed by atoms with Crippen molar-refractivity contribution in [3.05, 3.63) is 29.0 Å². The summed E-state index contributed by atoms with van der Waals surface area (Å²) in [6, 6.07) is 5.76. The lowest BCUT2D eigenvalue weighted by molar-refractivity contribution is 0.273. The van der Waals surface area contributed by atoms with Crippen LogP contribution < -0.4 is 5.32 Å². The van der Waals surface area contributed by atoms with E-state index in [1.165, 1.54) is 6.42 Å². The van der Waals surface area contributed by atoms with Gasteiger partial charge in [0.2, 0.25) is 0 Å². The van der Waals surface area contributed by atoms with E-state index < -0.39 is 0 Å². The van der Waals surface area contributed by atoms with E-state index in [4.69, 9.17) is 16.6 Å². The maximum atomic E-state index is 9.28. The number of nitrogens with zero attached hydrogens (tertiary/aromatic N) is 2. The first kappa shape index (κ1) is 12.9. The molecule has 2 N–H and O–H groups in total. The number of aromatic nitrogens is 2. The lowest BCUT2D eigenvalue weighted by atomic mass is 9.99. The van der Waals surface area contributed by atoms with Crippen molar-refractivity contribution in [1.29, 1.82) is 0 Å². The average Bonchev–Trinajstić information content (AvgIpc) is 2.78. The Bertz CT molecular complexity index is 575. The summed E-state index contributed by atoms with van der Waals surface area (Å²) >= 11 is 6.03.